The molecule has 8 nitrogen and oxygen atoms in total. The summed E-state index contributed by atoms with van der Waals surface area (Å²) in [7, 11) is 0. The SMILES string of the molecule is CCOc1ccc2c(c1)O/C(=C\c1ccccc1OC(=O)c1cccc([N+](=O)[O-])c1)C2=O. The molecule has 0 amide bonds. The largest absolute Gasteiger partial charge is 0.494 e. The molecule has 0 unspecified atom stereocenters. The van der Waals surface area contributed by atoms with Crippen molar-refractivity contribution in [2.24, 2.45) is 0 Å². The van der Waals surface area contributed by atoms with Crippen molar-refractivity contribution in [3.63, 3.8) is 0 Å². The first-order valence-corrected chi connectivity index (χ1v) is 9.73. The van der Waals surface area contributed by atoms with Gasteiger partial charge < -0.3 is 14.2 Å². The van der Waals surface area contributed by atoms with E-state index in [1.807, 2.05) is 6.92 Å². The summed E-state index contributed by atoms with van der Waals surface area (Å²) in [6.45, 7) is 2.34. The Labute approximate surface area is 182 Å². The summed E-state index contributed by atoms with van der Waals surface area (Å²) >= 11 is 0. The number of non-ortho nitro benzene ring substituents is 1. The van der Waals surface area contributed by atoms with Crippen molar-refractivity contribution in [2.75, 3.05) is 6.61 Å². The number of ketones is 1. The highest BCUT2D eigenvalue weighted by Gasteiger charge is 2.28. The van der Waals surface area contributed by atoms with Crippen LogP contribution in [0.25, 0.3) is 6.08 Å². The van der Waals surface area contributed by atoms with E-state index in [1.165, 1.54) is 24.3 Å². The maximum absolute atomic E-state index is 12.7. The topological polar surface area (TPSA) is 105 Å². The molecule has 0 atom stereocenters. The van der Waals surface area contributed by atoms with Gasteiger partial charge in [-0.05, 0) is 37.3 Å². The maximum Gasteiger partial charge on any atom is 0.343 e. The van der Waals surface area contributed by atoms with Crippen LogP contribution in [0.4, 0.5) is 5.69 Å². The van der Waals surface area contributed by atoms with Gasteiger partial charge in [0, 0.05) is 23.8 Å². The first kappa shape index (κ1) is 20.8. The summed E-state index contributed by atoms with van der Waals surface area (Å²) in [5.74, 6) is 0.168. The number of carbonyl (C=O) groups excluding carboxylic acids is 2. The first-order valence-electron chi connectivity index (χ1n) is 9.73. The van der Waals surface area contributed by atoms with Gasteiger partial charge in [-0.25, -0.2) is 4.79 Å². The van der Waals surface area contributed by atoms with Crippen LogP contribution in [0.3, 0.4) is 0 Å². The lowest BCUT2D eigenvalue weighted by Crippen LogP contribution is -2.10. The molecule has 160 valence electrons. The number of nitro groups is 1. The zero-order chi connectivity index (χ0) is 22.7. The second-order valence-electron chi connectivity index (χ2n) is 6.77. The number of nitrogens with zero attached hydrogens (tertiary/aromatic N) is 1. The normalized spacial score (nSPS) is 13.4. The molecule has 1 aliphatic rings. The Bertz CT molecular complexity index is 1260. The van der Waals surface area contributed by atoms with E-state index >= 15 is 0 Å². The summed E-state index contributed by atoms with van der Waals surface area (Å²) in [6.07, 6.45) is 1.48. The molecule has 0 radical (unpaired) electrons. The van der Waals surface area contributed by atoms with Crippen molar-refractivity contribution in [3.05, 3.63) is 99.3 Å². The van der Waals surface area contributed by atoms with Crippen molar-refractivity contribution >= 4 is 23.5 Å². The van der Waals surface area contributed by atoms with E-state index in [1.54, 1.807) is 42.5 Å². The molecule has 3 aromatic carbocycles. The summed E-state index contributed by atoms with van der Waals surface area (Å²) < 4.78 is 16.6. The third kappa shape index (κ3) is 4.20. The van der Waals surface area contributed by atoms with E-state index in [0.29, 0.717) is 29.2 Å². The number of Topliss-reactive ketones (excluding diaryl/α,β-unsaturated/α-hetero) is 1. The van der Waals surface area contributed by atoms with Crippen LogP contribution in [0.5, 0.6) is 17.2 Å². The summed E-state index contributed by atoms with van der Waals surface area (Å²) in [4.78, 5) is 35.6. The molecule has 0 bridgehead atoms. The minimum Gasteiger partial charge on any atom is -0.494 e. The third-order valence-corrected chi connectivity index (χ3v) is 4.65. The van der Waals surface area contributed by atoms with E-state index in [4.69, 9.17) is 14.2 Å². The fourth-order valence-corrected chi connectivity index (χ4v) is 3.16. The Morgan fingerprint density at radius 1 is 1.09 bits per heavy atom. The van der Waals surface area contributed by atoms with E-state index in [2.05, 4.69) is 0 Å². The highest BCUT2D eigenvalue weighted by Crippen LogP contribution is 2.35. The van der Waals surface area contributed by atoms with Crippen LogP contribution in [0.2, 0.25) is 0 Å². The Kier molecular flexibility index (Phi) is 5.67. The quantitative estimate of drug-likeness (QED) is 0.181. The molecule has 32 heavy (non-hydrogen) atoms. The van der Waals surface area contributed by atoms with Crippen LogP contribution in [0, 0.1) is 10.1 Å². The summed E-state index contributed by atoms with van der Waals surface area (Å²) in [6, 6.07) is 16.8. The zero-order valence-corrected chi connectivity index (χ0v) is 16.9. The van der Waals surface area contributed by atoms with Crippen molar-refractivity contribution in [1.82, 2.24) is 0 Å². The van der Waals surface area contributed by atoms with Gasteiger partial charge in [-0.1, -0.05) is 24.3 Å². The van der Waals surface area contributed by atoms with Crippen molar-refractivity contribution < 1.29 is 28.7 Å². The molecule has 0 saturated carbocycles. The number of nitro benzene ring substituents is 1. The molecular weight excluding hydrogens is 414 g/mol. The number of esters is 1. The summed E-state index contributed by atoms with van der Waals surface area (Å²) in [5, 5.41) is 11.0. The van der Waals surface area contributed by atoms with Crippen LogP contribution in [-0.2, 0) is 0 Å². The average molecular weight is 431 g/mol. The molecule has 0 N–H and O–H groups in total. The lowest BCUT2D eigenvalue weighted by Gasteiger charge is -2.08. The monoisotopic (exact) mass is 431 g/mol. The zero-order valence-electron chi connectivity index (χ0n) is 16.9. The third-order valence-electron chi connectivity index (χ3n) is 4.65. The molecule has 3 aromatic rings. The Morgan fingerprint density at radius 3 is 2.69 bits per heavy atom. The van der Waals surface area contributed by atoms with Crippen molar-refractivity contribution in [3.8, 4) is 17.2 Å². The number of carbonyl (C=O) groups is 2. The van der Waals surface area contributed by atoms with E-state index < -0.39 is 10.9 Å². The Hall–Kier alpha value is -4.46. The second-order valence-corrected chi connectivity index (χ2v) is 6.77. The van der Waals surface area contributed by atoms with Gasteiger partial charge in [-0.2, -0.15) is 0 Å². The van der Waals surface area contributed by atoms with Crippen molar-refractivity contribution in [1.29, 1.82) is 0 Å². The number of allylic oxidation sites excluding steroid dienone is 1. The van der Waals surface area contributed by atoms with Crippen LogP contribution in [0.15, 0.2) is 72.5 Å². The standard InChI is InChI=1S/C24H17NO7/c1-2-30-18-10-11-19-21(14-18)31-22(23(19)26)13-15-6-3-4-9-20(15)32-24(27)16-7-5-8-17(12-16)25(28)29/h3-14H,2H2,1H3/b22-13-. The van der Waals surface area contributed by atoms with Crippen LogP contribution in [0.1, 0.15) is 33.2 Å². The van der Waals surface area contributed by atoms with Gasteiger partial charge in [0.2, 0.25) is 5.78 Å². The van der Waals surface area contributed by atoms with E-state index in [-0.39, 0.29) is 28.5 Å². The van der Waals surface area contributed by atoms with Crippen LogP contribution < -0.4 is 14.2 Å². The van der Waals surface area contributed by atoms with Gasteiger partial charge in [-0.15, -0.1) is 0 Å². The number of ether oxygens (including phenoxy) is 3. The van der Waals surface area contributed by atoms with Gasteiger partial charge in [0.1, 0.15) is 17.2 Å². The summed E-state index contributed by atoms with van der Waals surface area (Å²) in [5.41, 5.74) is 0.660. The molecule has 0 fully saturated rings. The van der Waals surface area contributed by atoms with Gasteiger partial charge in [-0.3, -0.25) is 14.9 Å². The number of hydrogen-bond donors (Lipinski definition) is 0. The Morgan fingerprint density at radius 2 is 1.91 bits per heavy atom. The number of benzene rings is 3. The molecule has 1 aliphatic heterocycles. The lowest BCUT2D eigenvalue weighted by atomic mass is 10.1. The molecule has 0 saturated heterocycles. The molecule has 8 heteroatoms. The molecule has 0 aromatic heterocycles. The minimum absolute atomic E-state index is 0.0331. The molecule has 4 rings (SSSR count). The van der Waals surface area contributed by atoms with E-state index in [9.17, 15) is 19.7 Å². The average Bonchev–Trinajstić information content (AvgIpc) is 3.10. The van der Waals surface area contributed by atoms with Gasteiger partial charge in [0.15, 0.2) is 5.76 Å². The lowest BCUT2D eigenvalue weighted by molar-refractivity contribution is -0.384. The van der Waals surface area contributed by atoms with Crippen LogP contribution in [-0.4, -0.2) is 23.3 Å². The highest BCUT2D eigenvalue weighted by atomic mass is 16.6. The smallest absolute Gasteiger partial charge is 0.343 e. The number of hydrogen-bond acceptors (Lipinski definition) is 7. The fraction of sp³-hybridized carbons (Fsp3) is 0.0833. The number of fused-ring (bicyclic) bond motifs is 1. The van der Waals surface area contributed by atoms with E-state index in [0.717, 1.165) is 6.07 Å². The van der Waals surface area contributed by atoms with Gasteiger partial charge in [0.05, 0.1) is 22.7 Å². The number of rotatable bonds is 6. The molecule has 0 aliphatic carbocycles. The van der Waals surface area contributed by atoms with Gasteiger partial charge >= 0.3 is 5.97 Å². The predicted molar refractivity (Wildman–Crippen MR) is 115 cm³/mol. The molecule has 0 spiro atoms. The molecule has 1 heterocycles. The first-order chi connectivity index (χ1) is 15.5. The fourth-order valence-electron chi connectivity index (χ4n) is 3.16. The van der Waals surface area contributed by atoms with Crippen molar-refractivity contribution in [2.45, 2.75) is 6.92 Å². The maximum atomic E-state index is 12.7. The second kappa shape index (κ2) is 8.73. The Balaban J connectivity index is 1.59. The van der Waals surface area contributed by atoms with Gasteiger partial charge in [0.25, 0.3) is 5.69 Å². The highest BCUT2D eigenvalue weighted by molar-refractivity contribution is 6.14. The number of para-hydroxylation sites is 1. The van der Waals surface area contributed by atoms with Crippen LogP contribution >= 0.6 is 0 Å². The molecular formula is C24H17NO7. The minimum atomic E-state index is -0.761. The predicted octanol–water partition coefficient (Wildman–Crippen LogP) is 4.83.